The fourth-order valence-corrected chi connectivity index (χ4v) is 3.70. The largest absolute Gasteiger partial charge is 0.416 e. The van der Waals surface area contributed by atoms with Gasteiger partial charge in [-0.3, -0.25) is 9.20 Å². The van der Waals surface area contributed by atoms with Crippen molar-refractivity contribution in [2.75, 3.05) is 11.1 Å². The van der Waals surface area contributed by atoms with Crippen molar-refractivity contribution in [3.63, 3.8) is 0 Å². The highest BCUT2D eigenvalue weighted by molar-refractivity contribution is 5.95. The number of aliphatic hydroxyl groups is 1. The van der Waals surface area contributed by atoms with Crippen molar-refractivity contribution in [3.05, 3.63) is 76.9 Å². The van der Waals surface area contributed by atoms with E-state index >= 15 is 0 Å². The molecule has 1 unspecified atom stereocenters. The van der Waals surface area contributed by atoms with Crippen LogP contribution >= 0.6 is 0 Å². The molecule has 1 amide bonds. The quantitative estimate of drug-likeness (QED) is 0.403. The van der Waals surface area contributed by atoms with Crippen LogP contribution in [0.15, 0.2) is 48.7 Å². The van der Waals surface area contributed by atoms with E-state index in [-0.39, 0.29) is 28.6 Å². The van der Waals surface area contributed by atoms with Gasteiger partial charge in [-0.2, -0.15) is 13.2 Å². The molecule has 2 aromatic heterocycles. The number of rotatable bonds is 4. The molecule has 0 saturated heterocycles. The molecule has 0 aliphatic rings. The minimum Gasteiger partial charge on any atom is -0.382 e. The molecule has 4 rings (SSSR count). The Hall–Kier alpha value is -3.92. The molecule has 34 heavy (non-hydrogen) atoms. The third-order valence-corrected chi connectivity index (χ3v) is 5.29. The zero-order valence-electron chi connectivity index (χ0n) is 21.1. The van der Waals surface area contributed by atoms with Gasteiger partial charge < -0.3 is 16.2 Å². The molecule has 2 aromatic carbocycles. The summed E-state index contributed by atoms with van der Waals surface area (Å²) in [6, 6.07) is 8.54. The number of aryl methyl sites for hydroxylation is 3. The number of carbonyl (C=O) groups excluding carboxylic acids is 1. The fraction of sp³-hybridized carbons (Fsp3) is 0.208. The Morgan fingerprint density at radius 2 is 1.97 bits per heavy atom. The van der Waals surface area contributed by atoms with Crippen molar-refractivity contribution in [1.82, 2.24) is 14.4 Å². The van der Waals surface area contributed by atoms with Crippen LogP contribution in [0.25, 0.3) is 16.8 Å². The number of amides is 1. The van der Waals surface area contributed by atoms with Crippen LogP contribution in [0.4, 0.5) is 24.7 Å². The molecule has 0 spiro atoms. The van der Waals surface area contributed by atoms with E-state index < -0.39 is 30.6 Å². The Kier molecular flexibility index (Phi) is 4.86. The van der Waals surface area contributed by atoms with E-state index in [1.54, 1.807) is 26.0 Å². The minimum absolute atomic E-state index is 0.0963. The Balaban J connectivity index is 1.66. The van der Waals surface area contributed by atoms with Crippen LogP contribution in [-0.4, -0.2) is 25.4 Å². The van der Waals surface area contributed by atoms with Crippen LogP contribution in [0.2, 0.25) is 0 Å². The smallest absolute Gasteiger partial charge is 0.382 e. The van der Waals surface area contributed by atoms with E-state index in [2.05, 4.69) is 15.3 Å². The third kappa shape index (κ3) is 4.32. The SMILES string of the molecule is [2H]C([2H])([2H])c1nc(-c2ccc(NC(=O)C(O)c3cccc(C(F)(F)F)c3)cc2C)c2c(N)nc(C)cn12. The number of hydrogen-bond acceptors (Lipinski definition) is 5. The first-order chi connectivity index (χ1) is 17.2. The lowest BCUT2D eigenvalue weighted by Gasteiger charge is -2.15. The van der Waals surface area contributed by atoms with Gasteiger partial charge in [0, 0.05) is 21.6 Å². The van der Waals surface area contributed by atoms with Crippen LogP contribution in [0.1, 0.15) is 38.4 Å². The molecule has 0 saturated carbocycles. The average molecular weight is 472 g/mol. The van der Waals surface area contributed by atoms with Crippen LogP contribution in [0.5, 0.6) is 0 Å². The second kappa shape index (κ2) is 8.45. The Bertz CT molecular complexity index is 1520. The predicted molar refractivity (Wildman–Crippen MR) is 122 cm³/mol. The van der Waals surface area contributed by atoms with Gasteiger partial charge >= 0.3 is 6.18 Å². The molecule has 1 atom stereocenters. The number of benzene rings is 2. The van der Waals surface area contributed by atoms with Crippen molar-refractivity contribution in [1.29, 1.82) is 0 Å². The highest BCUT2D eigenvalue weighted by Gasteiger charge is 2.31. The number of nitrogen functional groups attached to an aromatic ring is 1. The fourth-order valence-electron chi connectivity index (χ4n) is 3.70. The summed E-state index contributed by atoms with van der Waals surface area (Å²) in [4.78, 5) is 21.1. The number of nitrogens with one attached hydrogen (secondary N) is 1. The predicted octanol–water partition coefficient (Wildman–Crippen LogP) is 4.59. The average Bonchev–Trinajstić information content (AvgIpc) is 3.18. The van der Waals surface area contributed by atoms with Gasteiger partial charge in [0.2, 0.25) is 0 Å². The number of fused-ring (bicyclic) bond motifs is 1. The van der Waals surface area contributed by atoms with Crippen molar-refractivity contribution in [2.24, 2.45) is 0 Å². The van der Waals surface area contributed by atoms with Crippen molar-refractivity contribution in [3.8, 4) is 11.3 Å². The zero-order chi connectivity index (χ0) is 27.3. The number of anilines is 2. The van der Waals surface area contributed by atoms with Gasteiger partial charge in [-0.25, -0.2) is 9.97 Å². The summed E-state index contributed by atoms with van der Waals surface area (Å²) in [5, 5.41) is 12.8. The summed E-state index contributed by atoms with van der Waals surface area (Å²) in [5.41, 5.74) is 7.41. The number of aromatic nitrogens is 3. The highest BCUT2D eigenvalue weighted by atomic mass is 19.4. The van der Waals surface area contributed by atoms with Crippen LogP contribution in [0, 0.1) is 20.7 Å². The maximum absolute atomic E-state index is 13.0. The monoisotopic (exact) mass is 472 g/mol. The lowest BCUT2D eigenvalue weighted by molar-refractivity contribution is -0.138. The lowest BCUT2D eigenvalue weighted by Crippen LogP contribution is -2.21. The Labute approximate surface area is 197 Å². The lowest BCUT2D eigenvalue weighted by atomic mass is 10.0. The van der Waals surface area contributed by atoms with E-state index in [0.29, 0.717) is 28.4 Å². The molecular formula is C24H22F3N5O2. The van der Waals surface area contributed by atoms with E-state index in [4.69, 9.17) is 9.85 Å². The summed E-state index contributed by atoms with van der Waals surface area (Å²) in [6.07, 6.45) is -4.92. The zero-order valence-corrected chi connectivity index (χ0v) is 18.1. The van der Waals surface area contributed by atoms with E-state index in [9.17, 15) is 23.1 Å². The number of hydrogen-bond donors (Lipinski definition) is 3. The molecule has 4 N–H and O–H groups in total. The van der Waals surface area contributed by atoms with Crippen LogP contribution in [-0.2, 0) is 11.0 Å². The van der Waals surface area contributed by atoms with Gasteiger partial charge in [-0.15, -0.1) is 0 Å². The molecule has 0 aliphatic heterocycles. The van der Waals surface area contributed by atoms with Crippen LogP contribution < -0.4 is 11.1 Å². The van der Waals surface area contributed by atoms with Crippen molar-refractivity contribution in [2.45, 2.75) is 33.0 Å². The first-order valence-electron chi connectivity index (χ1n) is 11.6. The summed E-state index contributed by atoms with van der Waals surface area (Å²) >= 11 is 0. The van der Waals surface area contributed by atoms with Gasteiger partial charge in [-0.1, -0.05) is 18.2 Å². The van der Waals surface area contributed by atoms with Gasteiger partial charge in [0.25, 0.3) is 5.91 Å². The summed E-state index contributed by atoms with van der Waals surface area (Å²) in [6.45, 7) is 0.851. The standard InChI is InChI=1S/C24H22F3N5O2/c1-12-9-17(31-23(34)21(33)15-5-4-6-16(10-15)24(25,26)27)7-8-18(12)19-20-22(28)29-13(2)11-32(20)14(3)30-19/h4-11,21,33H,1-3H3,(H2,28,29)(H,31,34)/i3D3. The Morgan fingerprint density at radius 3 is 2.65 bits per heavy atom. The van der Waals surface area contributed by atoms with Crippen LogP contribution in [0.3, 0.4) is 0 Å². The highest BCUT2D eigenvalue weighted by Crippen LogP contribution is 2.33. The summed E-state index contributed by atoms with van der Waals surface area (Å²) in [7, 11) is 0. The van der Waals surface area contributed by atoms with Gasteiger partial charge in [-0.05, 0) is 56.1 Å². The minimum atomic E-state index is -4.62. The maximum Gasteiger partial charge on any atom is 0.416 e. The molecule has 0 fully saturated rings. The molecule has 10 heteroatoms. The van der Waals surface area contributed by atoms with E-state index in [0.717, 1.165) is 12.1 Å². The number of nitrogens with two attached hydrogens (primary N) is 1. The maximum atomic E-state index is 13.0. The third-order valence-electron chi connectivity index (χ3n) is 5.29. The first-order valence-corrected chi connectivity index (χ1v) is 10.1. The number of nitrogens with zero attached hydrogens (tertiary/aromatic N) is 3. The number of alkyl halides is 3. The molecule has 0 radical (unpaired) electrons. The second-order valence-corrected chi connectivity index (χ2v) is 7.81. The topological polar surface area (TPSA) is 106 Å². The summed E-state index contributed by atoms with van der Waals surface area (Å²) in [5.74, 6) is -1.01. The van der Waals surface area contributed by atoms with E-state index in [1.807, 2.05) is 0 Å². The Morgan fingerprint density at radius 1 is 1.21 bits per heavy atom. The van der Waals surface area contributed by atoms with Crippen molar-refractivity contribution < 1.29 is 27.2 Å². The molecule has 2 heterocycles. The molecule has 176 valence electrons. The molecule has 4 aromatic rings. The molecule has 7 nitrogen and oxygen atoms in total. The second-order valence-electron chi connectivity index (χ2n) is 7.81. The van der Waals surface area contributed by atoms with Gasteiger partial charge in [0.1, 0.15) is 22.9 Å². The van der Waals surface area contributed by atoms with Gasteiger partial charge in [0.05, 0.1) is 11.3 Å². The molecule has 0 bridgehead atoms. The number of carbonyl (C=O) groups is 1. The van der Waals surface area contributed by atoms with Gasteiger partial charge in [0.15, 0.2) is 6.10 Å². The van der Waals surface area contributed by atoms with Crippen molar-refractivity contribution >= 4 is 22.9 Å². The first kappa shape index (κ1) is 19.5. The molecular weight excluding hydrogens is 447 g/mol. The number of imidazole rings is 1. The molecule has 0 aliphatic carbocycles. The summed E-state index contributed by atoms with van der Waals surface area (Å²) < 4.78 is 63.9. The number of halogens is 3. The number of aliphatic hydroxyl groups excluding tert-OH is 1. The van der Waals surface area contributed by atoms with E-state index in [1.165, 1.54) is 22.7 Å². The normalized spacial score (nSPS) is 14.4.